The molecular weight excluding hydrogens is 677 g/mol. The van der Waals surface area contributed by atoms with Crippen LogP contribution in [-0.4, -0.2) is 56.9 Å². The van der Waals surface area contributed by atoms with Crippen molar-refractivity contribution < 1.29 is 33.3 Å². The standard InChI is InChI=1S/C37H34N4O7S2/c1-45-30-13-9-8-12-27(30)29-21-50-37(40-29)41-34(42)22-49-26-16-14-25(15-17-26)38-36(44)28(39-35(43)23-10-6-5-7-11-23)18-24-19-32(47-3)33(48-4)20-31(24)46-2/h5-21H,22H2,1-4H3,(H,38,44)(H,39,43)(H,40,41,42)/b28-18-. The molecule has 50 heavy (non-hydrogen) atoms. The molecule has 0 fully saturated rings. The summed E-state index contributed by atoms with van der Waals surface area (Å²) in [5.74, 6) is 0.875. The number of amides is 3. The molecule has 0 saturated heterocycles. The van der Waals surface area contributed by atoms with Crippen LogP contribution < -0.4 is 34.9 Å². The fraction of sp³-hybridized carbons (Fsp3) is 0.135. The maximum Gasteiger partial charge on any atom is 0.272 e. The number of para-hydroxylation sites is 1. The van der Waals surface area contributed by atoms with Crippen LogP contribution in [0.2, 0.25) is 0 Å². The number of anilines is 2. The summed E-state index contributed by atoms with van der Waals surface area (Å²) in [5, 5.41) is 10.8. The Bertz CT molecular complexity index is 2000. The van der Waals surface area contributed by atoms with Gasteiger partial charge >= 0.3 is 0 Å². The molecule has 0 aliphatic rings. The van der Waals surface area contributed by atoms with Gasteiger partial charge in [0.25, 0.3) is 11.8 Å². The Morgan fingerprint density at radius 3 is 2.12 bits per heavy atom. The van der Waals surface area contributed by atoms with Gasteiger partial charge in [-0.25, -0.2) is 4.98 Å². The molecule has 1 heterocycles. The van der Waals surface area contributed by atoms with Crippen molar-refractivity contribution in [1.82, 2.24) is 10.3 Å². The van der Waals surface area contributed by atoms with Crippen LogP contribution in [0.5, 0.6) is 23.0 Å². The van der Waals surface area contributed by atoms with Crippen molar-refractivity contribution in [3.8, 4) is 34.3 Å². The second kappa shape index (κ2) is 17.0. The summed E-state index contributed by atoms with van der Waals surface area (Å²) in [6, 6.07) is 26.4. The first kappa shape index (κ1) is 35.5. The van der Waals surface area contributed by atoms with Gasteiger partial charge in [-0.2, -0.15) is 0 Å². The monoisotopic (exact) mass is 710 g/mol. The Balaban J connectivity index is 1.25. The predicted molar refractivity (Wildman–Crippen MR) is 197 cm³/mol. The van der Waals surface area contributed by atoms with E-state index in [1.54, 1.807) is 73.8 Å². The fourth-order valence-electron chi connectivity index (χ4n) is 4.71. The van der Waals surface area contributed by atoms with Crippen LogP contribution in [-0.2, 0) is 9.59 Å². The van der Waals surface area contributed by atoms with E-state index in [2.05, 4.69) is 20.9 Å². The minimum Gasteiger partial charge on any atom is -0.496 e. The number of carbonyl (C=O) groups is 3. The number of carbonyl (C=O) groups excluding carboxylic acids is 3. The summed E-state index contributed by atoms with van der Waals surface area (Å²) in [6.45, 7) is 0. The first-order valence-electron chi connectivity index (χ1n) is 15.1. The molecule has 5 rings (SSSR count). The van der Waals surface area contributed by atoms with E-state index in [9.17, 15) is 14.4 Å². The molecule has 256 valence electrons. The molecule has 0 saturated carbocycles. The first-order valence-corrected chi connectivity index (χ1v) is 17.0. The number of thiazole rings is 1. The summed E-state index contributed by atoms with van der Waals surface area (Å²) in [5.41, 5.74) is 2.86. The van der Waals surface area contributed by atoms with E-state index in [-0.39, 0.29) is 17.4 Å². The third-order valence-electron chi connectivity index (χ3n) is 7.18. The van der Waals surface area contributed by atoms with Crippen LogP contribution in [0, 0.1) is 0 Å². The number of thioether (sulfide) groups is 1. The number of ether oxygens (including phenoxy) is 4. The van der Waals surface area contributed by atoms with Gasteiger partial charge < -0.3 is 34.9 Å². The van der Waals surface area contributed by atoms with Crippen LogP contribution in [0.1, 0.15) is 15.9 Å². The SMILES string of the molecule is COc1cc(OC)c(OC)cc1/C=C(\NC(=O)c1ccccc1)C(=O)Nc1ccc(SCC(=O)Nc2nc(-c3ccccc3OC)cs2)cc1. The Morgan fingerprint density at radius 2 is 1.42 bits per heavy atom. The second-order valence-corrected chi connectivity index (χ2v) is 12.3. The van der Waals surface area contributed by atoms with Crippen molar-refractivity contribution in [2.24, 2.45) is 0 Å². The molecule has 11 nitrogen and oxygen atoms in total. The Morgan fingerprint density at radius 1 is 0.760 bits per heavy atom. The first-order chi connectivity index (χ1) is 24.3. The minimum absolute atomic E-state index is 0.0319. The fourth-order valence-corrected chi connectivity index (χ4v) is 6.14. The topological polar surface area (TPSA) is 137 Å². The van der Waals surface area contributed by atoms with Crippen molar-refractivity contribution >= 4 is 57.7 Å². The van der Waals surface area contributed by atoms with Gasteiger partial charge in [0.05, 0.1) is 39.9 Å². The van der Waals surface area contributed by atoms with Gasteiger partial charge in [-0.15, -0.1) is 23.1 Å². The van der Waals surface area contributed by atoms with E-state index < -0.39 is 11.8 Å². The Hall–Kier alpha value is -5.79. The zero-order chi connectivity index (χ0) is 35.5. The maximum absolute atomic E-state index is 13.6. The maximum atomic E-state index is 13.6. The van der Waals surface area contributed by atoms with E-state index >= 15 is 0 Å². The Kier molecular flexibility index (Phi) is 12.1. The average molecular weight is 711 g/mol. The lowest BCUT2D eigenvalue weighted by atomic mass is 10.1. The van der Waals surface area contributed by atoms with Crippen LogP contribution in [0.25, 0.3) is 17.3 Å². The van der Waals surface area contributed by atoms with Crippen LogP contribution in [0.4, 0.5) is 10.8 Å². The molecule has 3 N–H and O–H groups in total. The number of methoxy groups -OCH3 is 4. The van der Waals surface area contributed by atoms with Gasteiger partial charge in [-0.3, -0.25) is 14.4 Å². The second-order valence-electron chi connectivity index (χ2n) is 10.4. The number of benzene rings is 4. The smallest absolute Gasteiger partial charge is 0.272 e. The lowest BCUT2D eigenvalue weighted by Crippen LogP contribution is -2.30. The molecule has 0 atom stereocenters. The van der Waals surface area contributed by atoms with Crippen molar-refractivity contribution in [1.29, 1.82) is 0 Å². The molecule has 13 heteroatoms. The van der Waals surface area contributed by atoms with Crippen molar-refractivity contribution in [2.45, 2.75) is 4.90 Å². The van der Waals surface area contributed by atoms with Crippen LogP contribution in [0.15, 0.2) is 107 Å². The highest BCUT2D eigenvalue weighted by Gasteiger charge is 2.18. The molecule has 1 aromatic heterocycles. The average Bonchev–Trinajstić information content (AvgIpc) is 3.62. The summed E-state index contributed by atoms with van der Waals surface area (Å²) in [4.78, 5) is 44.7. The van der Waals surface area contributed by atoms with E-state index in [0.29, 0.717) is 50.6 Å². The van der Waals surface area contributed by atoms with Crippen molar-refractivity contribution in [3.05, 3.63) is 113 Å². The van der Waals surface area contributed by atoms with Crippen LogP contribution >= 0.6 is 23.1 Å². The van der Waals surface area contributed by atoms with Gasteiger partial charge in [0, 0.05) is 38.7 Å². The lowest BCUT2D eigenvalue weighted by molar-refractivity contribution is -0.114. The van der Waals surface area contributed by atoms with Gasteiger partial charge in [-0.1, -0.05) is 30.3 Å². The molecule has 0 radical (unpaired) electrons. The largest absolute Gasteiger partial charge is 0.496 e. The van der Waals surface area contributed by atoms with Gasteiger partial charge in [0.2, 0.25) is 5.91 Å². The summed E-state index contributed by atoms with van der Waals surface area (Å²) in [6.07, 6.45) is 1.50. The highest BCUT2D eigenvalue weighted by Crippen LogP contribution is 2.36. The molecular formula is C37H34N4O7S2. The van der Waals surface area contributed by atoms with Crippen molar-refractivity contribution in [3.63, 3.8) is 0 Å². The molecule has 3 amide bonds. The number of nitrogens with one attached hydrogen (secondary N) is 3. The molecule has 0 aliphatic carbocycles. The van der Waals surface area contributed by atoms with E-state index in [4.69, 9.17) is 18.9 Å². The minimum atomic E-state index is -0.568. The number of nitrogens with zero attached hydrogens (tertiary/aromatic N) is 1. The van der Waals surface area contributed by atoms with Gasteiger partial charge in [0.15, 0.2) is 16.6 Å². The summed E-state index contributed by atoms with van der Waals surface area (Å²) < 4.78 is 21.8. The molecule has 0 bridgehead atoms. The molecule has 0 unspecified atom stereocenters. The normalized spacial score (nSPS) is 10.9. The predicted octanol–water partition coefficient (Wildman–Crippen LogP) is 6.98. The quantitative estimate of drug-likeness (QED) is 0.0823. The molecule has 5 aromatic rings. The van der Waals surface area contributed by atoms with Crippen molar-refractivity contribution in [2.75, 3.05) is 44.8 Å². The highest BCUT2D eigenvalue weighted by atomic mass is 32.2. The Labute approximate surface area is 297 Å². The van der Waals surface area contributed by atoms with Gasteiger partial charge in [-0.05, 0) is 60.7 Å². The summed E-state index contributed by atoms with van der Waals surface area (Å²) in [7, 11) is 6.10. The zero-order valence-electron chi connectivity index (χ0n) is 27.6. The number of aromatic nitrogens is 1. The molecule has 4 aromatic carbocycles. The summed E-state index contributed by atoms with van der Waals surface area (Å²) >= 11 is 2.67. The molecule has 0 aliphatic heterocycles. The van der Waals surface area contributed by atoms with E-state index in [1.165, 1.54) is 50.5 Å². The third kappa shape index (κ3) is 9.01. The number of hydrogen-bond acceptors (Lipinski definition) is 10. The number of rotatable bonds is 14. The van der Waals surface area contributed by atoms with E-state index in [0.717, 1.165) is 10.5 Å². The van der Waals surface area contributed by atoms with Gasteiger partial charge in [0.1, 0.15) is 17.2 Å². The lowest BCUT2D eigenvalue weighted by Gasteiger charge is -2.15. The zero-order valence-corrected chi connectivity index (χ0v) is 29.3. The molecule has 0 spiro atoms. The number of hydrogen-bond donors (Lipinski definition) is 3. The van der Waals surface area contributed by atoms with Crippen LogP contribution in [0.3, 0.4) is 0 Å². The highest BCUT2D eigenvalue weighted by molar-refractivity contribution is 8.00. The van der Waals surface area contributed by atoms with E-state index in [1.807, 2.05) is 29.6 Å². The third-order valence-corrected chi connectivity index (χ3v) is 8.95.